The van der Waals surface area contributed by atoms with E-state index in [9.17, 15) is 0 Å². The third kappa shape index (κ3) is 2.32. The maximum absolute atomic E-state index is 6.59. The summed E-state index contributed by atoms with van der Waals surface area (Å²) in [6.07, 6.45) is 2.20. The Bertz CT molecular complexity index is 1570. The molecule has 0 spiro atoms. The molecule has 0 aliphatic rings. The van der Waals surface area contributed by atoms with Crippen molar-refractivity contribution >= 4 is 43.5 Å². The Morgan fingerprint density at radius 1 is 0.655 bits per heavy atom. The van der Waals surface area contributed by atoms with Crippen molar-refractivity contribution in [2.45, 2.75) is 6.92 Å². The minimum Gasteiger partial charge on any atom is -0.454 e. The number of rotatable bonds is 1. The van der Waals surface area contributed by atoms with Gasteiger partial charge in [0.1, 0.15) is 18.2 Å². The van der Waals surface area contributed by atoms with Gasteiger partial charge in [0.05, 0.1) is 5.56 Å². The first-order valence-corrected chi connectivity index (χ1v) is 9.93. The normalized spacial score (nSPS) is 11.8. The molecule has 6 aromatic rings. The van der Waals surface area contributed by atoms with Crippen LogP contribution in [0.5, 0.6) is 0 Å². The average molecular weight is 374 g/mol. The summed E-state index contributed by atoms with van der Waals surface area (Å²) in [5, 5.41) is 7.17. The molecule has 0 N–H and O–H groups in total. The summed E-state index contributed by atoms with van der Waals surface area (Å²) in [6.45, 7) is 2.16. The van der Waals surface area contributed by atoms with Crippen LogP contribution >= 0.6 is 0 Å². The highest BCUT2D eigenvalue weighted by Gasteiger charge is 2.21. The molecule has 0 amide bonds. The van der Waals surface area contributed by atoms with Crippen molar-refractivity contribution in [2.75, 3.05) is 0 Å². The fraction of sp³-hybridized carbons (Fsp3) is 0.0741. The van der Waals surface area contributed by atoms with Crippen LogP contribution in [0, 0.1) is 6.92 Å². The van der Waals surface area contributed by atoms with Crippen molar-refractivity contribution < 1.29 is 8.98 Å². The quantitative estimate of drug-likeness (QED) is 0.293. The lowest BCUT2D eigenvalue weighted by atomic mass is 9.99. The second kappa shape index (κ2) is 5.92. The Hall–Kier alpha value is -3.65. The number of hydrogen-bond donors (Lipinski definition) is 0. The third-order valence-corrected chi connectivity index (χ3v) is 6.00. The molecule has 0 unspecified atom stereocenters. The van der Waals surface area contributed by atoms with Gasteiger partial charge in [-0.05, 0) is 35.4 Å². The second-order valence-corrected chi connectivity index (χ2v) is 7.80. The minimum atomic E-state index is 0.960. The molecule has 2 nitrogen and oxygen atoms in total. The van der Waals surface area contributed by atoms with E-state index < -0.39 is 0 Å². The highest BCUT2D eigenvalue weighted by Crippen LogP contribution is 2.39. The summed E-state index contributed by atoms with van der Waals surface area (Å²) >= 11 is 0. The van der Waals surface area contributed by atoms with Crippen molar-refractivity contribution in [3.63, 3.8) is 0 Å². The maximum atomic E-state index is 6.59. The highest BCUT2D eigenvalue weighted by molar-refractivity contribution is 6.17. The first kappa shape index (κ1) is 16.3. The molecule has 29 heavy (non-hydrogen) atoms. The topological polar surface area (TPSA) is 17.0 Å². The summed E-state index contributed by atoms with van der Waals surface area (Å²) in [5.74, 6) is 0. The monoisotopic (exact) mass is 374 g/mol. The van der Waals surface area contributed by atoms with Crippen molar-refractivity contribution in [2.24, 2.45) is 7.05 Å². The number of fused-ring (bicyclic) bond motifs is 6. The molecular formula is C27H20NO+. The first-order valence-electron chi connectivity index (χ1n) is 9.93. The largest absolute Gasteiger partial charge is 0.454 e. The van der Waals surface area contributed by atoms with Gasteiger partial charge in [-0.1, -0.05) is 60.7 Å². The zero-order valence-electron chi connectivity index (χ0n) is 16.4. The van der Waals surface area contributed by atoms with Crippen molar-refractivity contribution in [3.8, 4) is 11.3 Å². The van der Waals surface area contributed by atoms with Crippen molar-refractivity contribution in [3.05, 3.63) is 90.6 Å². The maximum Gasteiger partial charge on any atom is 0.216 e. The van der Waals surface area contributed by atoms with Gasteiger partial charge < -0.3 is 4.42 Å². The van der Waals surface area contributed by atoms with Crippen LogP contribution < -0.4 is 4.57 Å². The van der Waals surface area contributed by atoms with E-state index in [1.807, 2.05) is 0 Å². The zero-order chi connectivity index (χ0) is 19.5. The van der Waals surface area contributed by atoms with Gasteiger partial charge in [0.2, 0.25) is 5.69 Å². The second-order valence-electron chi connectivity index (χ2n) is 7.80. The number of hydrogen-bond acceptors (Lipinski definition) is 1. The van der Waals surface area contributed by atoms with E-state index in [1.54, 1.807) is 0 Å². The standard InChI is InChI=1S/C27H20NO/c1-17-11-13-23-22-14-12-18-7-5-6-10-21(18)26(22)29-27(23)25(17)24-15-19-8-3-4-9-20(19)16-28(24)2/h3-16H,1-2H3/q+1. The molecule has 138 valence electrons. The molecule has 0 radical (unpaired) electrons. The van der Waals surface area contributed by atoms with Crippen LogP contribution in [0.3, 0.4) is 0 Å². The Balaban J connectivity index is 1.76. The minimum absolute atomic E-state index is 0.960. The van der Waals surface area contributed by atoms with Crippen LogP contribution in [-0.4, -0.2) is 0 Å². The van der Waals surface area contributed by atoms with E-state index >= 15 is 0 Å². The van der Waals surface area contributed by atoms with E-state index in [0.29, 0.717) is 0 Å². The SMILES string of the molecule is Cc1ccc2c(oc3c4ccccc4ccc23)c1-c1cc2ccccc2c[n+]1C. The molecule has 2 heteroatoms. The average Bonchev–Trinajstić information content (AvgIpc) is 3.12. The fourth-order valence-corrected chi connectivity index (χ4v) is 4.52. The molecule has 2 aromatic heterocycles. The van der Waals surface area contributed by atoms with E-state index in [2.05, 4.69) is 104 Å². The number of aromatic nitrogens is 1. The molecule has 0 saturated heterocycles. The Labute approximate surface area is 168 Å². The molecular weight excluding hydrogens is 354 g/mol. The lowest BCUT2D eigenvalue weighted by Gasteiger charge is -2.07. The van der Waals surface area contributed by atoms with E-state index in [0.717, 1.165) is 27.8 Å². The lowest BCUT2D eigenvalue weighted by Crippen LogP contribution is -2.30. The van der Waals surface area contributed by atoms with E-state index in [1.165, 1.54) is 32.5 Å². The van der Waals surface area contributed by atoms with Gasteiger partial charge >= 0.3 is 0 Å². The number of aryl methyl sites for hydroxylation is 2. The zero-order valence-corrected chi connectivity index (χ0v) is 16.4. The van der Waals surface area contributed by atoms with Gasteiger partial charge in [-0.15, -0.1) is 0 Å². The molecule has 0 bridgehead atoms. The first-order chi connectivity index (χ1) is 14.2. The Morgan fingerprint density at radius 3 is 2.21 bits per heavy atom. The van der Waals surface area contributed by atoms with Gasteiger partial charge in [-0.25, -0.2) is 4.57 Å². The summed E-state index contributed by atoms with van der Waals surface area (Å²) in [7, 11) is 2.11. The van der Waals surface area contributed by atoms with Crippen molar-refractivity contribution in [1.82, 2.24) is 0 Å². The van der Waals surface area contributed by atoms with Crippen LogP contribution in [-0.2, 0) is 7.05 Å². The predicted octanol–water partition coefficient (Wildman–Crippen LogP) is 6.69. The van der Waals surface area contributed by atoms with Gasteiger partial charge in [-0.3, -0.25) is 0 Å². The molecule has 4 aromatic carbocycles. The number of benzene rings is 4. The van der Waals surface area contributed by atoms with Gasteiger partial charge in [0, 0.05) is 27.6 Å². The van der Waals surface area contributed by atoms with Gasteiger partial charge in [0.15, 0.2) is 6.20 Å². The Kier molecular flexibility index (Phi) is 3.33. The summed E-state index contributed by atoms with van der Waals surface area (Å²) in [6, 6.07) is 27.9. The van der Waals surface area contributed by atoms with Crippen LogP contribution in [0.1, 0.15) is 5.56 Å². The van der Waals surface area contributed by atoms with E-state index in [-0.39, 0.29) is 0 Å². The summed E-state index contributed by atoms with van der Waals surface area (Å²) in [5.41, 5.74) is 5.47. The number of furan rings is 1. The van der Waals surface area contributed by atoms with Crippen LogP contribution in [0.4, 0.5) is 0 Å². The van der Waals surface area contributed by atoms with Crippen LogP contribution in [0.25, 0.3) is 54.7 Å². The van der Waals surface area contributed by atoms with Gasteiger partial charge in [0.25, 0.3) is 0 Å². The van der Waals surface area contributed by atoms with Crippen LogP contribution in [0.15, 0.2) is 89.5 Å². The summed E-state index contributed by atoms with van der Waals surface area (Å²) < 4.78 is 8.79. The lowest BCUT2D eigenvalue weighted by molar-refractivity contribution is -0.659. The molecule has 0 atom stereocenters. The predicted molar refractivity (Wildman–Crippen MR) is 120 cm³/mol. The third-order valence-electron chi connectivity index (χ3n) is 6.00. The molecule has 0 saturated carbocycles. The number of pyridine rings is 1. The Morgan fingerprint density at radius 2 is 1.34 bits per heavy atom. The van der Waals surface area contributed by atoms with Gasteiger partial charge in [-0.2, -0.15) is 0 Å². The molecule has 0 aliphatic heterocycles. The smallest absolute Gasteiger partial charge is 0.216 e. The molecule has 6 rings (SSSR count). The molecule has 2 heterocycles. The molecule has 0 aliphatic carbocycles. The number of nitrogens with zero attached hydrogens (tertiary/aromatic N) is 1. The fourth-order valence-electron chi connectivity index (χ4n) is 4.52. The van der Waals surface area contributed by atoms with Crippen LogP contribution in [0.2, 0.25) is 0 Å². The molecule has 0 fully saturated rings. The van der Waals surface area contributed by atoms with Crippen molar-refractivity contribution in [1.29, 1.82) is 0 Å². The highest BCUT2D eigenvalue weighted by atomic mass is 16.3. The summed E-state index contributed by atoms with van der Waals surface area (Å²) in [4.78, 5) is 0. The van der Waals surface area contributed by atoms with E-state index in [4.69, 9.17) is 4.42 Å².